The predicted molar refractivity (Wildman–Crippen MR) is 53.8 cm³/mol. The molecule has 0 saturated heterocycles. The highest BCUT2D eigenvalue weighted by Crippen LogP contribution is 2.28. The van der Waals surface area contributed by atoms with Crippen LogP contribution in [0.5, 0.6) is 5.75 Å². The van der Waals surface area contributed by atoms with Crippen molar-refractivity contribution in [3.8, 4) is 5.75 Å². The molecular formula is C11H14O3. The van der Waals surface area contributed by atoms with Crippen molar-refractivity contribution in [2.75, 3.05) is 0 Å². The highest BCUT2D eigenvalue weighted by molar-refractivity contribution is 5.90. The van der Waals surface area contributed by atoms with Crippen LogP contribution in [0.4, 0.5) is 0 Å². The fraction of sp³-hybridized carbons (Fsp3) is 0.364. The summed E-state index contributed by atoms with van der Waals surface area (Å²) in [6.45, 7) is 5.81. The lowest BCUT2D eigenvalue weighted by Gasteiger charge is -2.21. The minimum absolute atomic E-state index is 0.0181. The largest absolute Gasteiger partial charge is 0.508 e. The molecule has 2 N–H and O–H groups in total. The molecule has 3 heteroatoms. The number of aromatic hydroxyl groups is 1. The number of phenolic OH excluding ortho intramolecular Hbond substituents is 1. The van der Waals surface area contributed by atoms with Crippen molar-refractivity contribution in [2.24, 2.45) is 0 Å². The van der Waals surface area contributed by atoms with Crippen molar-refractivity contribution in [1.82, 2.24) is 0 Å². The number of phenols is 1. The van der Waals surface area contributed by atoms with Crippen molar-refractivity contribution in [3.05, 3.63) is 29.3 Å². The second-order valence-electron chi connectivity index (χ2n) is 4.29. The van der Waals surface area contributed by atoms with Crippen molar-refractivity contribution >= 4 is 5.97 Å². The van der Waals surface area contributed by atoms with Crippen LogP contribution in [0.1, 0.15) is 36.7 Å². The Kier molecular flexibility index (Phi) is 2.51. The minimum atomic E-state index is -1.01. The van der Waals surface area contributed by atoms with Crippen LogP contribution in [-0.4, -0.2) is 16.2 Å². The van der Waals surface area contributed by atoms with E-state index >= 15 is 0 Å². The Labute approximate surface area is 83.0 Å². The zero-order valence-corrected chi connectivity index (χ0v) is 8.53. The molecule has 0 bridgehead atoms. The van der Waals surface area contributed by atoms with Gasteiger partial charge in [-0.15, -0.1) is 0 Å². The lowest BCUT2D eigenvalue weighted by Crippen LogP contribution is -2.16. The summed E-state index contributed by atoms with van der Waals surface area (Å²) < 4.78 is 0. The molecule has 3 nitrogen and oxygen atoms in total. The Bertz CT molecular complexity index is 361. The highest BCUT2D eigenvalue weighted by atomic mass is 16.4. The fourth-order valence-electron chi connectivity index (χ4n) is 1.36. The average Bonchev–Trinajstić information content (AvgIpc) is 2.01. The Morgan fingerprint density at radius 2 is 1.86 bits per heavy atom. The normalized spacial score (nSPS) is 11.4. The fourth-order valence-corrected chi connectivity index (χ4v) is 1.36. The first-order valence-electron chi connectivity index (χ1n) is 4.39. The SMILES string of the molecule is CC(C)(C)c1ccc(O)cc1C(=O)O. The standard InChI is InChI=1S/C11H14O3/c1-11(2,3)9-5-4-7(12)6-8(9)10(13)14/h4-6,12H,1-3H3,(H,13,14). The number of carboxylic acids is 1. The summed E-state index contributed by atoms with van der Waals surface area (Å²) >= 11 is 0. The molecule has 0 radical (unpaired) electrons. The Balaban J connectivity index is 3.37. The molecule has 0 atom stereocenters. The molecule has 0 unspecified atom stereocenters. The van der Waals surface area contributed by atoms with Crippen LogP contribution < -0.4 is 0 Å². The van der Waals surface area contributed by atoms with Gasteiger partial charge in [-0.05, 0) is 23.1 Å². The van der Waals surface area contributed by atoms with Crippen molar-refractivity contribution in [3.63, 3.8) is 0 Å². The number of carboxylic acid groups (broad SMARTS) is 1. The third-order valence-electron chi connectivity index (χ3n) is 2.04. The van der Waals surface area contributed by atoms with Crippen LogP contribution in [0.15, 0.2) is 18.2 Å². The molecule has 1 rings (SSSR count). The lowest BCUT2D eigenvalue weighted by molar-refractivity contribution is 0.0693. The van der Waals surface area contributed by atoms with E-state index in [0.29, 0.717) is 0 Å². The van der Waals surface area contributed by atoms with E-state index in [9.17, 15) is 9.90 Å². The second kappa shape index (κ2) is 3.33. The number of benzene rings is 1. The Hall–Kier alpha value is -1.51. The topological polar surface area (TPSA) is 57.5 Å². The van der Waals surface area contributed by atoms with Crippen LogP contribution in [0.3, 0.4) is 0 Å². The molecule has 1 aromatic carbocycles. The van der Waals surface area contributed by atoms with Crippen molar-refractivity contribution in [1.29, 1.82) is 0 Å². The number of hydrogen-bond acceptors (Lipinski definition) is 2. The van der Waals surface area contributed by atoms with E-state index in [1.165, 1.54) is 12.1 Å². The smallest absolute Gasteiger partial charge is 0.336 e. The van der Waals surface area contributed by atoms with E-state index in [2.05, 4.69) is 0 Å². The zero-order valence-electron chi connectivity index (χ0n) is 8.53. The maximum absolute atomic E-state index is 10.9. The van der Waals surface area contributed by atoms with Crippen LogP contribution in [-0.2, 0) is 5.41 Å². The predicted octanol–water partition coefficient (Wildman–Crippen LogP) is 2.39. The molecule has 14 heavy (non-hydrogen) atoms. The molecule has 0 spiro atoms. The molecule has 0 saturated carbocycles. The molecule has 1 aromatic rings. The van der Waals surface area contributed by atoms with Crippen molar-refractivity contribution < 1.29 is 15.0 Å². The van der Waals surface area contributed by atoms with Gasteiger partial charge >= 0.3 is 5.97 Å². The average molecular weight is 194 g/mol. The molecular weight excluding hydrogens is 180 g/mol. The van der Waals surface area contributed by atoms with E-state index in [0.717, 1.165) is 5.56 Å². The first kappa shape index (κ1) is 10.6. The molecule has 76 valence electrons. The summed E-state index contributed by atoms with van der Waals surface area (Å²) in [6, 6.07) is 4.44. The molecule has 0 fully saturated rings. The van der Waals surface area contributed by atoms with Gasteiger partial charge in [-0.25, -0.2) is 4.79 Å². The van der Waals surface area contributed by atoms with Gasteiger partial charge in [-0.2, -0.15) is 0 Å². The van der Waals surface area contributed by atoms with Gasteiger partial charge in [-0.3, -0.25) is 0 Å². The first-order valence-corrected chi connectivity index (χ1v) is 4.39. The third-order valence-corrected chi connectivity index (χ3v) is 2.04. The van der Waals surface area contributed by atoms with Gasteiger partial charge in [0.15, 0.2) is 0 Å². The first-order chi connectivity index (χ1) is 6.32. The molecule has 0 amide bonds. The van der Waals surface area contributed by atoms with Crippen LogP contribution >= 0.6 is 0 Å². The van der Waals surface area contributed by atoms with Gasteiger partial charge in [0, 0.05) is 0 Å². The number of hydrogen-bond donors (Lipinski definition) is 2. The van der Waals surface area contributed by atoms with Gasteiger partial charge in [0.05, 0.1) is 5.56 Å². The minimum Gasteiger partial charge on any atom is -0.508 e. The van der Waals surface area contributed by atoms with E-state index in [4.69, 9.17) is 5.11 Å². The zero-order chi connectivity index (χ0) is 10.9. The number of carbonyl (C=O) groups is 1. The summed E-state index contributed by atoms with van der Waals surface area (Å²) in [4.78, 5) is 10.9. The number of rotatable bonds is 1. The quantitative estimate of drug-likeness (QED) is 0.721. The molecule has 0 aliphatic carbocycles. The monoisotopic (exact) mass is 194 g/mol. The maximum atomic E-state index is 10.9. The van der Waals surface area contributed by atoms with Gasteiger partial charge in [0.1, 0.15) is 5.75 Å². The molecule has 0 aliphatic rings. The highest BCUT2D eigenvalue weighted by Gasteiger charge is 2.21. The third kappa shape index (κ3) is 2.05. The molecule has 0 aliphatic heterocycles. The van der Waals surface area contributed by atoms with Gasteiger partial charge in [0.2, 0.25) is 0 Å². The Morgan fingerprint density at radius 3 is 2.29 bits per heavy atom. The Morgan fingerprint density at radius 1 is 1.29 bits per heavy atom. The number of aromatic carboxylic acids is 1. The molecule has 0 aromatic heterocycles. The van der Waals surface area contributed by atoms with E-state index in [-0.39, 0.29) is 16.7 Å². The summed E-state index contributed by atoms with van der Waals surface area (Å²) in [7, 11) is 0. The van der Waals surface area contributed by atoms with Gasteiger partial charge in [0.25, 0.3) is 0 Å². The lowest BCUT2D eigenvalue weighted by atomic mass is 9.83. The second-order valence-corrected chi connectivity index (χ2v) is 4.29. The summed E-state index contributed by atoms with van der Waals surface area (Å²) in [5, 5.41) is 18.1. The molecule has 0 heterocycles. The van der Waals surface area contributed by atoms with Crippen LogP contribution in [0.2, 0.25) is 0 Å². The summed E-state index contributed by atoms with van der Waals surface area (Å²) in [6.07, 6.45) is 0. The van der Waals surface area contributed by atoms with Crippen LogP contribution in [0, 0.1) is 0 Å². The van der Waals surface area contributed by atoms with E-state index < -0.39 is 5.97 Å². The van der Waals surface area contributed by atoms with Gasteiger partial charge < -0.3 is 10.2 Å². The summed E-state index contributed by atoms with van der Waals surface area (Å²) in [5.74, 6) is -1.03. The van der Waals surface area contributed by atoms with E-state index in [1.807, 2.05) is 20.8 Å². The summed E-state index contributed by atoms with van der Waals surface area (Å²) in [5.41, 5.74) is 0.654. The van der Waals surface area contributed by atoms with Crippen LogP contribution in [0.25, 0.3) is 0 Å². The van der Waals surface area contributed by atoms with Crippen molar-refractivity contribution in [2.45, 2.75) is 26.2 Å². The van der Waals surface area contributed by atoms with Gasteiger partial charge in [-0.1, -0.05) is 26.8 Å². The maximum Gasteiger partial charge on any atom is 0.336 e. The van der Waals surface area contributed by atoms with E-state index in [1.54, 1.807) is 6.07 Å².